The number of carbonyl (C=O) groups excluding carboxylic acids is 2. The van der Waals surface area contributed by atoms with Crippen molar-refractivity contribution in [3.63, 3.8) is 0 Å². The second-order valence-corrected chi connectivity index (χ2v) is 7.72. The van der Waals surface area contributed by atoms with Crippen LogP contribution in [-0.4, -0.2) is 59.5 Å². The zero-order valence-corrected chi connectivity index (χ0v) is 18.5. The highest BCUT2D eigenvalue weighted by atomic mass is 16.2. The average molecular weight is 446 g/mol. The van der Waals surface area contributed by atoms with Crippen molar-refractivity contribution in [3.05, 3.63) is 66.4 Å². The lowest BCUT2D eigenvalue weighted by atomic mass is 10.1. The van der Waals surface area contributed by atoms with E-state index in [4.69, 9.17) is 5.73 Å². The molecule has 1 fully saturated rings. The van der Waals surface area contributed by atoms with Crippen molar-refractivity contribution in [2.75, 3.05) is 43.1 Å². The number of nitrogens with two attached hydrogens (primary N) is 1. The topological polar surface area (TPSA) is 116 Å². The van der Waals surface area contributed by atoms with Gasteiger partial charge in [-0.15, -0.1) is 0 Å². The molecule has 9 heteroatoms. The Hall–Kier alpha value is -3.98. The van der Waals surface area contributed by atoms with Crippen molar-refractivity contribution in [3.8, 4) is 11.3 Å². The quantitative estimate of drug-likeness (QED) is 0.498. The minimum absolute atomic E-state index is 0.0962. The number of hydrogen-bond acceptors (Lipinski definition) is 7. The molecule has 1 aromatic heterocycles. The van der Waals surface area contributed by atoms with Crippen LogP contribution < -0.4 is 21.3 Å². The SMILES string of the molecule is CC(=O)N1CCN(c2ccc(Nc3nccc(-c4ccc(C(=O)NCN)cc4)n3)cc2)CC1. The highest BCUT2D eigenvalue weighted by molar-refractivity contribution is 5.94. The summed E-state index contributed by atoms with van der Waals surface area (Å²) in [6.45, 7) is 4.85. The Morgan fingerprint density at radius 2 is 1.67 bits per heavy atom. The van der Waals surface area contributed by atoms with Gasteiger partial charge in [0.2, 0.25) is 11.9 Å². The number of anilines is 3. The molecule has 2 amide bonds. The number of rotatable bonds is 6. The van der Waals surface area contributed by atoms with Crippen LogP contribution in [0.25, 0.3) is 11.3 Å². The first kappa shape index (κ1) is 22.2. The number of carbonyl (C=O) groups is 2. The molecule has 2 aromatic carbocycles. The van der Waals surface area contributed by atoms with Crippen molar-refractivity contribution < 1.29 is 9.59 Å². The number of amides is 2. The van der Waals surface area contributed by atoms with E-state index >= 15 is 0 Å². The van der Waals surface area contributed by atoms with Gasteiger partial charge in [0, 0.05) is 61.8 Å². The largest absolute Gasteiger partial charge is 0.368 e. The fourth-order valence-corrected chi connectivity index (χ4v) is 3.73. The molecule has 3 aromatic rings. The molecule has 1 aliphatic rings. The summed E-state index contributed by atoms with van der Waals surface area (Å²) >= 11 is 0. The number of piperazine rings is 1. The molecule has 0 spiro atoms. The molecule has 1 saturated heterocycles. The van der Waals surface area contributed by atoms with Crippen LogP contribution in [0.5, 0.6) is 0 Å². The molecule has 0 bridgehead atoms. The van der Waals surface area contributed by atoms with Crippen LogP contribution >= 0.6 is 0 Å². The normalized spacial score (nSPS) is 13.5. The smallest absolute Gasteiger partial charge is 0.252 e. The Labute approximate surface area is 192 Å². The van der Waals surface area contributed by atoms with Crippen LogP contribution in [0.4, 0.5) is 17.3 Å². The molecule has 0 aliphatic carbocycles. The summed E-state index contributed by atoms with van der Waals surface area (Å²) < 4.78 is 0. The third-order valence-corrected chi connectivity index (χ3v) is 5.57. The summed E-state index contributed by atoms with van der Waals surface area (Å²) in [5.41, 5.74) is 9.53. The van der Waals surface area contributed by atoms with Gasteiger partial charge >= 0.3 is 0 Å². The number of aromatic nitrogens is 2. The van der Waals surface area contributed by atoms with Gasteiger partial charge in [0.1, 0.15) is 0 Å². The minimum atomic E-state index is -0.210. The van der Waals surface area contributed by atoms with Gasteiger partial charge in [-0.1, -0.05) is 12.1 Å². The van der Waals surface area contributed by atoms with Crippen LogP contribution in [0.1, 0.15) is 17.3 Å². The maximum atomic E-state index is 11.9. The highest BCUT2D eigenvalue weighted by Crippen LogP contribution is 2.23. The first-order valence-corrected chi connectivity index (χ1v) is 10.8. The summed E-state index contributed by atoms with van der Waals surface area (Å²) in [5, 5.41) is 5.81. The second-order valence-electron chi connectivity index (χ2n) is 7.72. The van der Waals surface area contributed by atoms with Crippen LogP contribution in [0.3, 0.4) is 0 Å². The van der Waals surface area contributed by atoms with Gasteiger partial charge in [0.05, 0.1) is 12.4 Å². The van der Waals surface area contributed by atoms with Gasteiger partial charge in [-0.05, 0) is 42.5 Å². The average Bonchev–Trinajstić information content (AvgIpc) is 2.85. The summed E-state index contributed by atoms with van der Waals surface area (Å²) in [5.74, 6) is 0.406. The number of hydrogen-bond donors (Lipinski definition) is 3. The maximum Gasteiger partial charge on any atom is 0.252 e. The highest BCUT2D eigenvalue weighted by Gasteiger charge is 2.18. The molecule has 170 valence electrons. The predicted molar refractivity (Wildman–Crippen MR) is 128 cm³/mol. The fraction of sp³-hybridized carbons (Fsp3) is 0.250. The third-order valence-electron chi connectivity index (χ3n) is 5.57. The first-order chi connectivity index (χ1) is 16.0. The lowest BCUT2D eigenvalue weighted by Gasteiger charge is -2.35. The Bertz CT molecular complexity index is 1110. The maximum absolute atomic E-state index is 11.9. The molecular formula is C24H27N7O2. The van der Waals surface area contributed by atoms with Crippen molar-refractivity contribution in [1.29, 1.82) is 0 Å². The van der Waals surface area contributed by atoms with Gasteiger partial charge in [-0.25, -0.2) is 9.97 Å². The van der Waals surface area contributed by atoms with Crippen LogP contribution in [0.2, 0.25) is 0 Å². The van der Waals surface area contributed by atoms with Gasteiger partial charge in [-0.2, -0.15) is 0 Å². The van der Waals surface area contributed by atoms with Gasteiger partial charge < -0.3 is 26.2 Å². The van der Waals surface area contributed by atoms with Crippen molar-refractivity contribution in [2.45, 2.75) is 6.92 Å². The summed E-state index contributed by atoms with van der Waals surface area (Å²) in [6, 6.07) is 17.1. The molecule has 0 saturated carbocycles. The van der Waals surface area contributed by atoms with Crippen molar-refractivity contribution in [1.82, 2.24) is 20.2 Å². The zero-order valence-electron chi connectivity index (χ0n) is 18.5. The van der Waals surface area contributed by atoms with E-state index in [2.05, 4.69) is 37.6 Å². The van der Waals surface area contributed by atoms with Gasteiger partial charge in [0.15, 0.2) is 0 Å². The van der Waals surface area contributed by atoms with E-state index in [0.29, 0.717) is 11.5 Å². The Morgan fingerprint density at radius 1 is 0.970 bits per heavy atom. The van der Waals surface area contributed by atoms with Crippen LogP contribution in [0, 0.1) is 0 Å². The molecule has 33 heavy (non-hydrogen) atoms. The second kappa shape index (κ2) is 10.1. The van der Waals surface area contributed by atoms with E-state index in [-0.39, 0.29) is 18.5 Å². The van der Waals surface area contributed by atoms with Crippen LogP contribution in [0.15, 0.2) is 60.8 Å². The molecule has 4 rings (SSSR count). The molecule has 2 heterocycles. The van der Waals surface area contributed by atoms with E-state index in [0.717, 1.165) is 48.8 Å². The molecule has 0 unspecified atom stereocenters. The van der Waals surface area contributed by atoms with Crippen LogP contribution in [-0.2, 0) is 4.79 Å². The summed E-state index contributed by atoms with van der Waals surface area (Å²) in [6.07, 6.45) is 1.70. The first-order valence-electron chi connectivity index (χ1n) is 10.8. The van der Waals surface area contributed by atoms with Gasteiger partial charge in [-0.3, -0.25) is 9.59 Å². The zero-order chi connectivity index (χ0) is 23.2. The number of nitrogens with one attached hydrogen (secondary N) is 2. The predicted octanol–water partition coefficient (Wildman–Crippen LogP) is 2.20. The lowest BCUT2D eigenvalue weighted by molar-refractivity contribution is -0.129. The third kappa shape index (κ3) is 5.45. The lowest BCUT2D eigenvalue weighted by Crippen LogP contribution is -2.48. The van der Waals surface area contributed by atoms with Gasteiger partial charge in [0.25, 0.3) is 5.91 Å². The van der Waals surface area contributed by atoms with Crippen molar-refractivity contribution >= 4 is 29.1 Å². The number of nitrogens with zero attached hydrogens (tertiary/aromatic N) is 4. The standard InChI is InChI=1S/C24H27N7O2/c1-17(32)30-12-14-31(15-13-30)21-8-6-20(7-9-21)28-24-26-11-10-22(29-24)18-2-4-19(5-3-18)23(33)27-16-25/h2-11H,12-16,25H2,1H3,(H,27,33)(H,26,28,29). The Balaban J connectivity index is 1.40. The fourth-order valence-electron chi connectivity index (χ4n) is 3.73. The van der Waals surface area contributed by atoms with Crippen molar-refractivity contribution in [2.24, 2.45) is 5.73 Å². The minimum Gasteiger partial charge on any atom is -0.368 e. The number of benzene rings is 2. The van der Waals surface area contributed by atoms with E-state index in [9.17, 15) is 9.59 Å². The van der Waals surface area contributed by atoms with E-state index < -0.39 is 0 Å². The monoisotopic (exact) mass is 445 g/mol. The molecular weight excluding hydrogens is 418 g/mol. The summed E-state index contributed by atoms with van der Waals surface area (Å²) in [7, 11) is 0. The van der Waals surface area contributed by atoms with E-state index in [1.54, 1.807) is 25.3 Å². The van der Waals surface area contributed by atoms with E-state index in [1.165, 1.54) is 0 Å². The Morgan fingerprint density at radius 3 is 2.30 bits per heavy atom. The molecule has 0 radical (unpaired) electrons. The molecule has 4 N–H and O–H groups in total. The molecule has 9 nitrogen and oxygen atoms in total. The molecule has 0 atom stereocenters. The summed E-state index contributed by atoms with van der Waals surface area (Å²) in [4.78, 5) is 36.4. The molecule has 1 aliphatic heterocycles. The van der Waals surface area contributed by atoms with E-state index in [1.807, 2.05) is 35.2 Å². The Kier molecular flexibility index (Phi) is 6.80.